The summed E-state index contributed by atoms with van der Waals surface area (Å²) in [5, 5.41) is 9.38. The van der Waals surface area contributed by atoms with Gasteiger partial charge in [-0.1, -0.05) is 19.9 Å². The first-order valence-electron chi connectivity index (χ1n) is 6.83. The SMILES string of the molecule is CC(C)c1cc(CO)cc(N(C)Cc2ccccn2)n1. The number of anilines is 1. The summed E-state index contributed by atoms with van der Waals surface area (Å²) in [6, 6.07) is 9.77. The molecule has 2 aromatic rings. The first-order valence-corrected chi connectivity index (χ1v) is 6.83. The van der Waals surface area contributed by atoms with Crippen LogP contribution in [0.15, 0.2) is 36.5 Å². The molecule has 0 saturated carbocycles. The molecule has 2 rings (SSSR count). The van der Waals surface area contributed by atoms with Gasteiger partial charge >= 0.3 is 0 Å². The second-order valence-electron chi connectivity index (χ2n) is 5.25. The van der Waals surface area contributed by atoms with E-state index in [1.165, 1.54) is 0 Å². The van der Waals surface area contributed by atoms with Crippen LogP contribution in [-0.2, 0) is 13.2 Å². The van der Waals surface area contributed by atoms with Crippen LogP contribution >= 0.6 is 0 Å². The molecule has 0 aliphatic heterocycles. The van der Waals surface area contributed by atoms with E-state index < -0.39 is 0 Å². The summed E-state index contributed by atoms with van der Waals surface area (Å²) in [5.74, 6) is 1.20. The van der Waals surface area contributed by atoms with E-state index in [1.54, 1.807) is 6.20 Å². The number of pyridine rings is 2. The van der Waals surface area contributed by atoms with Gasteiger partial charge in [-0.15, -0.1) is 0 Å². The molecule has 0 saturated heterocycles. The molecule has 2 aromatic heterocycles. The number of nitrogens with zero attached hydrogens (tertiary/aromatic N) is 3. The third-order valence-corrected chi connectivity index (χ3v) is 3.18. The molecule has 4 heteroatoms. The van der Waals surface area contributed by atoms with Gasteiger partial charge in [0.05, 0.1) is 18.8 Å². The van der Waals surface area contributed by atoms with Crippen molar-refractivity contribution in [3.63, 3.8) is 0 Å². The van der Waals surface area contributed by atoms with Crippen molar-refractivity contribution in [2.45, 2.75) is 32.9 Å². The molecule has 0 amide bonds. The molecular formula is C16H21N3O. The molecule has 0 bridgehead atoms. The Kier molecular flexibility index (Phi) is 4.69. The Hall–Kier alpha value is -1.94. The van der Waals surface area contributed by atoms with Crippen LogP contribution in [0.3, 0.4) is 0 Å². The maximum atomic E-state index is 9.38. The van der Waals surface area contributed by atoms with Crippen LogP contribution in [0.4, 0.5) is 5.82 Å². The van der Waals surface area contributed by atoms with Gasteiger partial charge in [-0.3, -0.25) is 4.98 Å². The number of aliphatic hydroxyl groups excluding tert-OH is 1. The molecule has 1 N–H and O–H groups in total. The summed E-state index contributed by atoms with van der Waals surface area (Å²) in [5.41, 5.74) is 2.89. The maximum absolute atomic E-state index is 9.38. The molecule has 0 aromatic carbocycles. The fourth-order valence-electron chi connectivity index (χ4n) is 1.99. The lowest BCUT2D eigenvalue weighted by Gasteiger charge is -2.20. The first kappa shape index (κ1) is 14.5. The normalized spacial score (nSPS) is 10.8. The Morgan fingerprint density at radius 2 is 2.05 bits per heavy atom. The Labute approximate surface area is 120 Å². The maximum Gasteiger partial charge on any atom is 0.129 e. The minimum Gasteiger partial charge on any atom is -0.392 e. The van der Waals surface area contributed by atoms with E-state index in [0.29, 0.717) is 12.5 Å². The monoisotopic (exact) mass is 271 g/mol. The lowest BCUT2D eigenvalue weighted by atomic mass is 10.1. The number of rotatable bonds is 5. The smallest absolute Gasteiger partial charge is 0.129 e. The minimum absolute atomic E-state index is 0.0344. The van der Waals surface area contributed by atoms with Gasteiger partial charge in [-0.2, -0.15) is 0 Å². The van der Waals surface area contributed by atoms with Crippen LogP contribution in [0, 0.1) is 0 Å². The topological polar surface area (TPSA) is 49.2 Å². The van der Waals surface area contributed by atoms with Crippen LogP contribution in [0.2, 0.25) is 0 Å². The highest BCUT2D eigenvalue weighted by atomic mass is 16.3. The highest BCUT2D eigenvalue weighted by molar-refractivity contribution is 5.42. The second kappa shape index (κ2) is 6.48. The van der Waals surface area contributed by atoms with Gasteiger partial charge in [-0.25, -0.2) is 4.98 Å². The fourth-order valence-corrected chi connectivity index (χ4v) is 1.99. The zero-order valence-electron chi connectivity index (χ0n) is 12.2. The average molecular weight is 271 g/mol. The quantitative estimate of drug-likeness (QED) is 0.908. The van der Waals surface area contributed by atoms with E-state index in [4.69, 9.17) is 0 Å². The van der Waals surface area contributed by atoms with Gasteiger partial charge in [-0.05, 0) is 35.7 Å². The Bertz CT molecular complexity index is 555. The molecule has 0 fully saturated rings. The van der Waals surface area contributed by atoms with Crippen LogP contribution in [0.1, 0.15) is 36.7 Å². The second-order valence-corrected chi connectivity index (χ2v) is 5.25. The minimum atomic E-state index is 0.0344. The van der Waals surface area contributed by atoms with Gasteiger partial charge in [0.15, 0.2) is 0 Å². The summed E-state index contributed by atoms with van der Waals surface area (Å²) in [4.78, 5) is 11.0. The summed E-state index contributed by atoms with van der Waals surface area (Å²) >= 11 is 0. The summed E-state index contributed by atoms with van der Waals surface area (Å²) in [6.07, 6.45) is 1.79. The molecule has 20 heavy (non-hydrogen) atoms. The Balaban J connectivity index is 2.24. The van der Waals surface area contributed by atoms with E-state index >= 15 is 0 Å². The summed E-state index contributed by atoms with van der Waals surface area (Å²) in [7, 11) is 1.99. The van der Waals surface area contributed by atoms with Gasteiger partial charge in [0.2, 0.25) is 0 Å². The van der Waals surface area contributed by atoms with Crippen LogP contribution in [0.5, 0.6) is 0 Å². The molecule has 0 spiro atoms. The largest absolute Gasteiger partial charge is 0.392 e. The standard InChI is InChI=1S/C16H21N3O/c1-12(2)15-8-13(11-20)9-16(18-15)19(3)10-14-6-4-5-7-17-14/h4-9,12,20H,10-11H2,1-3H3. The van der Waals surface area contributed by atoms with E-state index in [9.17, 15) is 5.11 Å². The van der Waals surface area contributed by atoms with Crippen LogP contribution in [0.25, 0.3) is 0 Å². The predicted molar refractivity (Wildman–Crippen MR) is 80.6 cm³/mol. The van der Waals surface area contributed by atoms with Crippen molar-refractivity contribution in [3.8, 4) is 0 Å². The fraction of sp³-hybridized carbons (Fsp3) is 0.375. The number of hydrogen-bond acceptors (Lipinski definition) is 4. The molecular weight excluding hydrogens is 250 g/mol. The number of hydrogen-bond donors (Lipinski definition) is 1. The lowest BCUT2D eigenvalue weighted by molar-refractivity contribution is 0.281. The van der Waals surface area contributed by atoms with E-state index in [2.05, 4.69) is 23.8 Å². The molecule has 0 atom stereocenters. The zero-order chi connectivity index (χ0) is 14.5. The van der Waals surface area contributed by atoms with Crippen molar-refractivity contribution in [1.29, 1.82) is 0 Å². The summed E-state index contributed by atoms with van der Waals surface area (Å²) < 4.78 is 0. The third kappa shape index (κ3) is 3.54. The molecule has 4 nitrogen and oxygen atoms in total. The number of aromatic nitrogens is 2. The van der Waals surface area contributed by atoms with Crippen molar-refractivity contribution in [1.82, 2.24) is 9.97 Å². The summed E-state index contributed by atoms with van der Waals surface area (Å²) in [6.45, 7) is 4.94. The molecule has 106 valence electrons. The highest BCUT2D eigenvalue weighted by Gasteiger charge is 2.10. The van der Waals surface area contributed by atoms with Gasteiger partial charge in [0.1, 0.15) is 5.82 Å². The first-order chi connectivity index (χ1) is 9.60. The third-order valence-electron chi connectivity index (χ3n) is 3.18. The molecule has 0 radical (unpaired) electrons. The highest BCUT2D eigenvalue weighted by Crippen LogP contribution is 2.20. The average Bonchev–Trinajstić information content (AvgIpc) is 2.47. The lowest BCUT2D eigenvalue weighted by Crippen LogP contribution is -2.19. The van der Waals surface area contributed by atoms with Crippen LogP contribution < -0.4 is 4.90 Å². The van der Waals surface area contributed by atoms with Crippen molar-refractivity contribution in [2.75, 3.05) is 11.9 Å². The van der Waals surface area contributed by atoms with Gasteiger partial charge in [0, 0.05) is 18.9 Å². The van der Waals surface area contributed by atoms with Crippen molar-refractivity contribution < 1.29 is 5.11 Å². The molecule has 0 unspecified atom stereocenters. The molecule has 0 aliphatic rings. The zero-order valence-corrected chi connectivity index (χ0v) is 12.2. The van der Waals surface area contributed by atoms with Crippen molar-refractivity contribution >= 4 is 5.82 Å². The molecule has 0 aliphatic carbocycles. The van der Waals surface area contributed by atoms with Crippen LogP contribution in [-0.4, -0.2) is 22.1 Å². The van der Waals surface area contributed by atoms with E-state index in [0.717, 1.165) is 22.8 Å². The van der Waals surface area contributed by atoms with Gasteiger partial charge in [0.25, 0.3) is 0 Å². The Morgan fingerprint density at radius 1 is 1.25 bits per heavy atom. The molecule has 2 heterocycles. The Morgan fingerprint density at radius 3 is 2.65 bits per heavy atom. The van der Waals surface area contributed by atoms with E-state index in [1.807, 2.05) is 42.3 Å². The van der Waals surface area contributed by atoms with Crippen molar-refractivity contribution in [3.05, 3.63) is 53.5 Å². The van der Waals surface area contributed by atoms with Crippen molar-refractivity contribution in [2.24, 2.45) is 0 Å². The number of aliphatic hydroxyl groups is 1. The van der Waals surface area contributed by atoms with Gasteiger partial charge < -0.3 is 10.0 Å². The predicted octanol–water partition coefficient (Wildman–Crippen LogP) is 2.73. The van der Waals surface area contributed by atoms with E-state index in [-0.39, 0.29) is 6.61 Å².